The summed E-state index contributed by atoms with van der Waals surface area (Å²) >= 11 is 0. The standard InChI is InChI=1S/C37H48F6O8/c1-5-6-23-29(50-32(45)34(48-3,36(38,39)40)27-19-13-11-14-20-27)24-17-9-7-8-10-18-25-30(26-31(44)47-2)51-33(46)35(49-4,37(41,42)43)28-21-15-12-16-22-28/h11-16,19-22,29-30H,5-10,17-18,23-26H2,1-4H3/t29-,30-,34+,35+/m0/s1. The summed E-state index contributed by atoms with van der Waals surface area (Å²) in [7, 11) is 2.69. The normalized spacial score (nSPS) is 15.6. The van der Waals surface area contributed by atoms with E-state index in [2.05, 4.69) is 4.74 Å². The molecule has 8 nitrogen and oxygen atoms in total. The van der Waals surface area contributed by atoms with E-state index in [1.165, 1.54) is 48.5 Å². The first kappa shape index (κ1) is 43.5. The van der Waals surface area contributed by atoms with Crippen LogP contribution in [0.5, 0.6) is 0 Å². The second kappa shape index (κ2) is 20.4. The number of carbonyl (C=O) groups is 3. The van der Waals surface area contributed by atoms with Crippen LogP contribution in [0.1, 0.15) is 95.1 Å². The summed E-state index contributed by atoms with van der Waals surface area (Å²) in [5.41, 5.74) is -7.51. The Labute approximate surface area is 295 Å². The van der Waals surface area contributed by atoms with Gasteiger partial charge in [0.25, 0.3) is 11.2 Å². The molecule has 2 rings (SSSR count). The largest absolute Gasteiger partial charge is 0.469 e. The highest BCUT2D eigenvalue weighted by Crippen LogP contribution is 2.44. The molecule has 0 aliphatic carbocycles. The van der Waals surface area contributed by atoms with Gasteiger partial charge in [-0.2, -0.15) is 26.3 Å². The number of hydrogen-bond donors (Lipinski definition) is 0. The predicted molar refractivity (Wildman–Crippen MR) is 175 cm³/mol. The van der Waals surface area contributed by atoms with Crippen LogP contribution in [0.4, 0.5) is 26.3 Å². The van der Waals surface area contributed by atoms with Gasteiger partial charge < -0.3 is 23.7 Å². The van der Waals surface area contributed by atoms with E-state index in [1.807, 2.05) is 6.92 Å². The molecule has 0 fully saturated rings. The molecule has 0 aliphatic heterocycles. The third-order valence-corrected chi connectivity index (χ3v) is 8.70. The van der Waals surface area contributed by atoms with E-state index in [-0.39, 0.29) is 12.0 Å². The van der Waals surface area contributed by atoms with E-state index in [4.69, 9.17) is 18.9 Å². The molecule has 51 heavy (non-hydrogen) atoms. The molecule has 0 aromatic heterocycles. The zero-order valence-corrected chi connectivity index (χ0v) is 29.4. The van der Waals surface area contributed by atoms with Crippen LogP contribution in [-0.4, -0.2) is 63.8 Å². The van der Waals surface area contributed by atoms with Gasteiger partial charge >= 0.3 is 30.3 Å². The van der Waals surface area contributed by atoms with Crippen molar-refractivity contribution in [3.05, 3.63) is 71.8 Å². The molecule has 0 amide bonds. The maximum absolute atomic E-state index is 14.3. The van der Waals surface area contributed by atoms with E-state index in [9.17, 15) is 40.7 Å². The van der Waals surface area contributed by atoms with Gasteiger partial charge in [-0.15, -0.1) is 0 Å². The number of methoxy groups -OCH3 is 3. The third-order valence-electron chi connectivity index (χ3n) is 8.70. The highest BCUT2D eigenvalue weighted by Gasteiger charge is 2.65. The summed E-state index contributed by atoms with van der Waals surface area (Å²) in [6.07, 6.45) is -6.79. The van der Waals surface area contributed by atoms with E-state index in [1.54, 1.807) is 0 Å². The highest BCUT2D eigenvalue weighted by molar-refractivity contribution is 5.83. The fourth-order valence-corrected chi connectivity index (χ4v) is 5.86. The molecule has 4 atom stereocenters. The lowest BCUT2D eigenvalue weighted by atomic mass is 9.92. The first-order valence-electron chi connectivity index (χ1n) is 17.0. The number of carbonyl (C=O) groups excluding carboxylic acids is 3. The van der Waals surface area contributed by atoms with E-state index in [0.29, 0.717) is 57.8 Å². The van der Waals surface area contributed by atoms with Gasteiger partial charge in [-0.1, -0.05) is 106 Å². The van der Waals surface area contributed by atoms with Crippen molar-refractivity contribution in [2.45, 2.75) is 120 Å². The van der Waals surface area contributed by atoms with Crippen molar-refractivity contribution in [3.63, 3.8) is 0 Å². The summed E-state index contributed by atoms with van der Waals surface area (Å²) in [6.45, 7) is 1.92. The molecule has 0 bridgehead atoms. The Morgan fingerprint density at radius 2 is 0.941 bits per heavy atom. The minimum Gasteiger partial charge on any atom is -0.469 e. The average molecular weight is 735 g/mol. The number of esters is 3. The molecule has 0 N–H and O–H groups in total. The van der Waals surface area contributed by atoms with Crippen molar-refractivity contribution in [1.82, 2.24) is 0 Å². The van der Waals surface area contributed by atoms with Crippen LogP contribution in [0.15, 0.2) is 60.7 Å². The number of benzene rings is 2. The number of hydrogen-bond acceptors (Lipinski definition) is 8. The minimum absolute atomic E-state index is 0.0875. The number of ether oxygens (including phenoxy) is 5. The molecule has 0 heterocycles. The van der Waals surface area contributed by atoms with Gasteiger partial charge in [0.15, 0.2) is 0 Å². The van der Waals surface area contributed by atoms with Crippen LogP contribution in [0.25, 0.3) is 0 Å². The van der Waals surface area contributed by atoms with Crippen LogP contribution in [0.3, 0.4) is 0 Å². The van der Waals surface area contributed by atoms with Crippen molar-refractivity contribution >= 4 is 17.9 Å². The Morgan fingerprint density at radius 1 is 0.569 bits per heavy atom. The van der Waals surface area contributed by atoms with Gasteiger partial charge in [0.1, 0.15) is 12.2 Å². The molecule has 0 aliphatic rings. The predicted octanol–water partition coefficient (Wildman–Crippen LogP) is 8.89. The third kappa shape index (κ3) is 11.4. The molecular formula is C37H48F6O8. The lowest BCUT2D eigenvalue weighted by Crippen LogP contribution is -2.52. The summed E-state index contributed by atoms with van der Waals surface area (Å²) in [5, 5.41) is 0. The highest BCUT2D eigenvalue weighted by atomic mass is 19.4. The molecule has 0 spiro atoms. The second-order valence-electron chi connectivity index (χ2n) is 12.2. The van der Waals surface area contributed by atoms with Crippen molar-refractivity contribution in [2.75, 3.05) is 21.3 Å². The lowest BCUT2D eigenvalue weighted by molar-refractivity contribution is -0.279. The Kier molecular flexibility index (Phi) is 17.4. The summed E-state index contributed by atoms with van der Waals surface area (Å²) in [6, 6.07) is 13.0. The van der Waals surface area contributed by atoms with Crippen LogP contribution >= 0.6 is 0 Å². The van der Waals surface area contributed by atoms with Gasteiger partial charge in [0.05, 0.1) is 13.5 Å². The Morgan fingerprint density at radius 3 is 1.31 bits per heavy atom. The molecule has 0 radical (unpaired) electrons. The van der Waals surface area contributed by atoms with Crippen LogP contribution in [0.2, 0.25) is 0 Å². The van der Waals surface area contributed by atoms with E-state index < -0.39 is 65.7 Å². The Hall–Kier alpha value is -3.65. The molecule has 14 heteroatoms. The molecule has 2 aromatic carbocycles. The lowest BCUT2D eigenvalue weighted by Gasteiger charge is -2.34. The molecule has 2 aromatic rings. The summed E-state index contributed by atoms with van der Waals surface area (Å²) in [5.74, 6) is -3.98. The zero-order chi connectivity index (χ0) is 38.1. The fourth-order valence-electron chi connectivity index (χ4n) is 5.86. The molecule has 0 saturated heterocycles. The molecular weight excluding hydrogens is 686 g/mol. The van der Waals surface area contributed by atoms with E-state index in [0.717, 1.165) is 39.9 Å². The van der Waals surface area contributed by atoms with Crippen LogP contribution in [-0.2, 0) is 49.3 Å². The van der Waals surface area contributed by atoms with E-state index >= 15 is 0 Å². The van der Waals surface area contributed by atoms with Gasteiger partial charge in [-0.05, 0) is 32.1 Å². The Bertz CT molecular complexity index is 1340. The maximum atomic E-state index is 14.3. The minimum atomic E-state index is -5.17. The number of unbranched alkanes of at least 4 members (excludes halogenated alkanes) is 6. The van der Waals surface area contributed by atoms with Gasteiger partial charge in [0.2, 0.25) is 0 Å². The van der Waals surface area contributed by atoms with Crippen molar-refractivity contribution in [2.24, 2.45) is 0 Å². The maximum Gasteiger partial charge on any atom is 0.432 e. The summed E-state index contributed by atoms with van der Waals surface area (Å²) in [4.78, 5) is 38.3. The fraction of sp³-hybridized carbons (Fsp3) is 0.595. The van der Waals surface area contributed by atoms with Crippen molar-refractivity contribution in [3.8, 4) is 0 Å². The van der Waals surface area contributed by atoms with Gasteiger partial charge in [-0.3, -0.25) is 4.79 Å². The number of rotatable bonds is 22. The monoisotopic (exact) mass is 734 g/mol. The quantitative estimate of drug-likeness (QED) is 0.0512. The number of alkyl halides is 6. The topological polar surface area (TPSA) is 97.4 Å². The average Bonchev–Trinajstić information content (AvgIpc) is 3.08. The van der Waals surface area contributed by atoms with Crippen molar-refractivity contribution < 1.29 is 64.4 Å². The second-order valence-corrected chi connectivity index (χ2v) is 12.2. The van der Waals surface area contributed by atoms with Gasteiger partial charge in [0, 0.05) is 25.3 Å². The molecule has 0 unspecified atom stereocenters. The summed E-state index contributed by atoms with van der Waals surface area (Å²) < 4.78 is 111. The van der Waals surface area contributed by atoms with Gasteiger partial charge in [-0.25, -0.2) is 9.59 Å². The smallest absolute Gasteiger partial charge is 0.432 e. The van der Waals surface area contributed by atoms with Crippen LogP contribution in [0, 0.1) is 0 Å². The molecule has 286 valence electrons. The van der Waals surface area contributed by atoms with Crippen molar-refractivity contribution in [1.29, 1.82) is 0 Å². The SMILES string of the molecule is CCCC[C@@H](CCCCCCCC[C@@H](CC(=O)OC)OC(=O)[C@](OC)(c1ccccc1)C(F)(F)F)OC(=O)[C@](OC)(c1ccccc1)C(F)(F)F. The molecule has 0 saturated carbocycles. The number of halogens is 6. The van der Waals surface area contributed by atoms with Crippen LogP contribution < -0.4 is 0 Å². The Balaban J connectivity index is 1.96. The first-order chi connectivity index (χ1) is 24.1. The zero-order valence-electron chi connectivity index (χ0n) is 29.4. The first-order valence-corrected chi connectivity index (χ1v) is 17.0.